The van der Waals surface area contributed by atoms with Crippen molar-refractivity contribution >= 4 is 17.4 Å². The molecular weight excluding hydrogens is 248 g/mol. The molecule has 0 aliphatic heterocycles. The Kier molecular flexibility index (Phi) is 2.96. The van der Waals surface area contributed by atoms with Crippen LogP contribution in [0.5, 0.6) is 0 Å². The van der Waals surface area contributed by atoms with Gasteiger partial charge in [0.1, 0.15) is 0 Å². The largest absolute Gasteiger partial charge is 0.442 e. The summed E-state index contributed by atoms with van der Waals surface area (Å²) in [7, 11) is 0. The van der Waals surface area contributed by atoms with E-state index in [1.807, 2.05) is 12.1 Å². The fraction of sp³-hybridized carbons (Fsp3) is 0.267. The molecule has 92 valence electrons. The average molecular weight is 261 g/mol. The lowest BCUT2D eigenvalue weighted by molar-refractivity contribution is 0.0880. The van der Waals surface area contributed by atoms with Crippen LogP contribution in [0.25, 0.3) is 0 Å². The quantitative estimate of drug-likeness (QED) is 0.766. The van der Waals surface area contributed by atoms with Gasteiger partial charge in [0.25, 0.3) is 0 Å². The molecule has 1 aliphatic carbocycles. The summed E-state index contributed by atoms with van der Waals surface area (Å²) in [4.78, 5) is 12.3. The second-order valence-electron chi connectivity index (χ2n) is 4.68. The third-order valence-corrected chi connectivity index (χ3v) is 3.74. The van der Waals surface area contributed by atoms with E-state index in [0.717, 1.165) is 19.3 Å². The molecule has 1 heterocycles. The lowest BCUT2D eigenvalue weighted by atomic mass is 9.81. The van der Waals surface area contributed by atoms with Gasteiger partial charge in [-0.1, -0.05) is 24.3 Å². The monoisotopic (exact) mass is 260 g/mol. The van der Waals surface area contributed by atoms with Gasteiger partial charge in [0.15, 0.2) is 11.0 Å². The van der Waals surface area contributed by atoms with E-state index >= 15 is 0 Å². The van der Waals surface area contributed by atoms with Crippen molar-refractivity contribution in [3.05, 3.63) is 58.5 Å². The summed E-state index contributed by atoms with van der Waals surface area (Å²) in [5, 5.41) is 0.273. The summed E-state index contributed by atoms with van der Waals surface area (Å²) in [6, 6.07) is 11.6. The van der Waals surface area contributed by atoms with Crippen molar-refractivity contribution in [2.24, 2.45) is 5.92 Å². The van der Waals surface area contributed by atoms with Gasteiger partial charge >= 0.3 is 0 Å². The van der Waals surface area contributed by atoms with Crippen LogP contribution in [-0.2, 0) is 12.8 Å². The number of Topliss-reactive ketones (excluding diaryl/α,β-unsaturated/α-hetero) is 1. The van der Waals surface area contributed by atoms with Crippen LogP contribution in [0, 0.1) is 5.92 Å². The zero-order valence-corrected chi connectivity index (χ0v) is 10.6. The zero-order valence-electron chi connectivity index (χ0n) is 9.86. The van der Waals surface area contributed by atoms with Crippen LogP contribution in [0.15, 0.2) is 40.8 Å². The van der Waals surface area contributed by atoms with E-state index in [9.17, 15) is 4.79 Å². The van der Waals surface area contributed by atoms with Crippen molar-refractivity contribution in [3.8, 4) is 0 Å². The Bertz CT molecular complexity index is 586. The number of furan rings is 1. The van der Waals surface area contributed by atoms with Crippen molar-refractivity contribution < 1.29 is 9.21 Å². The predicted molar refractivity (Wildman–Crippen MR) is 70.0 cm³/mol. The first kappa shape index (κ1) is 11.5. The normalized spacial score (nSPS) is 18.4. The number of rotatable bonds is 2. The zero-order chi connectivity index (χ0) is 12.5. The van der Waals surface area contributed by atoms with Gasteiger partial charge in [-0.25, -0.2) is 0 Å². The second-order valence-corrected chi connectivity index (χ2v) is 5.05. The van der Waals surface area contributed by atoms with E-state index in [4.69, 9.17) is 16.0 Å². The van der Waals surface area contributed by atoms with Crippen LogP contribution in [0.1, 0.15) is 28.1 Å². The fourth-order valence-corrected chi connectivity index (χ4v) is 2.72. The topological polar surface area (TPSA) is 30.2 Å². The third kappa shape index (κ3) is 2.08. The first-order valence-corrected chi connectivity index (χ1v) is 6.48. The van der Waals surface area contributed by atoms with Gasteiger partial charge in [-0.3, -0.25) is 4.79 Å². The number of benzene rings is 1. The smallest absolute Gasteiger partial charge is 0.201 e. The Morgan fingerprint density at radius 2 is 1.94 bits per heavy atom. The minimum absolute atomic E-state index is 0.0158. The molecule has 1 atom stereocenters. The molecule has 0 saturated carbocycles. The molecule has 1 aromatic heterocycles. The van der Waals surface area contributed by atoms with Crippen LogP contribution in [0.4, 0.5) is 0 Å². The minimum atomic E-state index is 0.0158. The fourth-order valence-electron chi connectivity index (χ4n) is 2.57. The molecule has 1 aromatic carbocycles. The molecule has 3 rings (SSSR count). The maximum atomic E-state index is 12.3. The van der Waals surface area contributed by atoms with Crippen LogP contribution in [0.3, 0.4) is 0 Å². The Hall–Kier alpha value is -1.54. The van der Waals surface area contributed by atoms with Gasteiger partial charge in [0.2, 0.25) is 5.78 Å². The molecule has 0 radical (unpaired) electrons. The number of ketones is 1. The maximum absolute atomic E-state index is 12.3. The molecule has 1 aliphatic rings. The van der Waals surface area contributed by atoms with E-state index in [0.29, 0.717) is 5.76 Å². The molecule has 2 nitrogen and oxygen atoms in total. The molecule has 0 fully saturated rings. The number of fused-ring (bicyclic) bond motifs is 1. The SMILES string of the molecule is O=C(c1ccc(Cl)o1)C1CCc2ccccc2C1. The molecule has 18 heavy (non-hydrogen) atoms. The van der Waals surface area contributed by atoms with Crippen molar-refractivity contribution in [3.63, 3.8) is 0 Å². The Morgan fingerprint density at radius 1 is 1.17 bits per heavy atom. The van der Waals surface area contributed by atoms with Crippen LogP contribution in [0.2, 0.25) is 5.22 Å². The molecule has 0 bridgehead atoms. The molecule has 1 unspecified atom stereocenters. The average Bonchev–Trinajstić information content (AvgIpc) is 2.84. The molecule has 0 saturated heterocycles. The molecular formula is C15H13ClO2. The van der Waals surface area contributed by atoms with E-state index in [2.05, 4.69) is 12.1 Å². The van der Waals surface area contributed by atoms with E-state index in [-0.39, 0.29) is 16.9 Å². The molecule has 0 N–H and O–H groups in total. The lowest BCUT2D eigenvalue weighted by Crippen LogP contribution is -2.22. The molecule has 2 aromatic rings. The number of carbonyl (C=O) groups is 1. The van der Waals surface area contributed by atoms with Crippen LogP contribution in [-0.4, -0.2) is 5.78 Å². The molecule has 0 spiro atoms. The number of hydrogen-bond acceptors (Lipinski definition) is 2. The Balaban J connectivity index is 1.82. The van der Waals surface area contributed by atoms with Crippen molar-refractivity contribution in [1.82, 2.24) is 0 Å². The summed E-state index contributed by atoms with van der Waals surface area (Å²) >= 11 is 5.71. The van der Waals surface area contributed by atoms with E-state index in [1.54, 1.807) is 12.1 Å². The summed E-state index contributed by atoms with van der Waals surface area (Å²) in [5.74, 6) is 0.461. The number of aryl methyl sites for hydroxylation is 1. The predicted octanol–water partition coefficient (Wildman–Crippen LogP) is 3.92. The first-order chi connectivity index (χ1) is 8.74. The second kappa shape index (κ2) is 4.62. The Morgan fingerprint density at radius 3 is 2.67 bits per heavy atom. The highest BCUT2D eigenvalue weighted by atomic mass is 35.5. The third-order valence-electron chi connectivity index (χ3n) is 3.53. The molecule has 0 amide bonds. The summed E-state index contributed by atoms with van der Waals surface area (Å²) in [6.07, 6.45) is 2.64. The van der Waals surface area contributed by atoms with Gasteiger partial charge in [-0.05, 0) is 54.1 Å². The highest BCUT2D eigenvalue weighted by Gasteiger charge is 2.27. The highest BCUT2D eigenvalue weighted by molar-refractivity contribution is 6.29. The van der Waals surface area contributed by atoms with E-state index < -0.39 is 0 Å². The van der Waals surface area contributed by atoms with Crippen LogP contribution < -0.4 is 0 Å². The number of carbonyl (C=O) groups excluding carboxylic acids is 1. The number of halogens is 1. The van der Waals surface area contributed by atoms with Gasteiger partial charge in [-0.2, -0.15) is 0 Å². The summed E-state index contributed by atoms with van der Waals surface area (Å²) in [5.41, 5.74) is 2.64. The first-order valence-electron chi connectivity index (χ1n) is 6.10. The molecule has 3 heteroatoms. The van der Waals surface area contributed by atoms with Gasteiger partial charge in [-0.15, -0.1) is 0 Å². The standard InChI is InChI=1S/C15H13ClO2/c16-14-8-7-13(18-14)15(17)12-6-5-10-3-1-2-4-11(10)9-12/h1-4,7-8,12H,5-6,9H2. The Labute approximate surface area is 111 Å². The van der Waals surface area contributed by atoms with Gasteiger partial charge in [0.05, 0.1) is 0 Å². The maximum Gasteiger partial charge on any atom is 0.201 e. The summed E-state index contributed by atoms with van der Waals surface area (Å²) < 4.78 is 5.20. The highest BCUT2D eigenvalue weighted by Crippen LogP contribution is 2.28. The van der Waals surface area contributed by atoms with Crippen molar-refractivity contribution in [2.45, 2.75) is 19.3 Å². The van der Waals surface area contributed by atoms with E-state index in [1.165, 1.54) is 11.1 Å². The van der Waals surface area contributed by atoms with Crippen molar-refractivity contribution in [2.75, 3.05) is 0 Å². The van der Waals surface area contributed by atoms with Gasteiger partial charge in [0, 0.05) is 5.92 Å². The van der Waals surface area contributed by atoms with Crippen molar-refractivity contribution in [1.29, 1.82) is 0 Å². The summed E-state index contributed by atoms with van der Waals surface area (Å²) in [6.45, 7) is 0. The minimum Gasteiger partial charge on any atom is -0.442 e. The van der Waals surface area contributed by atoms with Gasteiger partial charge < -0.3 is 4.42 Å². The van der Waals surface area contributed by atoms with Crippen LogP contribution >= 0.6 is 11.6 Å². The number of hydrogen-bond donors (Lipinski definition) is 0. The lowest BCUT2D eigenvalue weighted by Gasteiger charge is -2.22.